The van der Waals surface area contributed by atoms with Crippen molar-refractivity contribution < 1.29 is 4.79 Å². The predicted molar refractivity (Wildman–Crippen MR) is 69.4 cm³/mol. The lowest BCUT2D eigenvalue weighted by atomic mass is 9.87. The Morgan fingerprint density at radius 3 is 2.47 bits per heavy atom. The van der Waals surface area contributed by atoms with Crippen molar-refractivity contribution in [2.24, 2.45) is 18.2 Å². The largest absolute Gasteiger partial charge is 0.350 e. The van der Waals surface area contributed by atoms with Crippen LogP contribution in [0.25, 0.3) is 0 Å². The molecule has 0 unspecified atom stereocenters. The highest BCUT2D eigenvalue weighted by atomic mass is 16.2. The molecule has 1 heterocycles. The number of carbonyl (C=O) groups is 1. The third-order valence-electron chi connectivity index (χ3n) is 3.14. The van der Waals surface area contributed by atoms with Gasteiger partial charge >= 0.3 is 0 Å². The van der Waals surface area contributed by atoms with E-state index in [4.69, 9.17) is 5.73 Å². The number of nitrogens with one attached hydrogen (secondary N) is 1. The summed E-state index contributed by atoms with van der Waals surface area (Å²) in [5.41, 5.74) is 7.92. The normalized spacial score (nSPS) is 13.5. The second kappa shape index (κ2) is 4.92. The Morgan fingerprint density at radius 2 is 2.06 bits per heavy atom. The van der Waals surface area contributed by atoms with Crippen LogP contribution in [0.2, 0.25) is 0 Å². The summed E-state index contributed by atoms with van der Waals surface area (Å²) in [6.07, 6.45) is 0. The number of aryl methyl sites for hydroxylation is 1. The smallest absolute Gasteiger partial charge is 0.237 e. The molecule has 3 N–H and O–H groups in total. The number of nitrogens with zero attached hydrogens (tertiary/aromatic N) is 1. The van der Waals surface area contributed by atoms with Crippen LogP contribution in [-0.4, -0.2) is 16.5 Å². The summed E-state index contributed by atoms with van der Waals surface area (Å²) in [5.74, 6) is -0.101. The summed E-state index contributed by atoms with van der Waals surface area (Å²) in [6.45, 7) is 8.44. The van der Waals surface area contributed by atoms with Crippen molar-refractivity contribution in [3.05, 3.63) is 23.5 Å². The van der Waals surface area contributed by atoms with Crippen molar-refractivity contribution >= 4 is 5.91 Å². The molecule has 0 radical (unpaired) electrons. The Kier molecular flexibility index (Phi) is 3.98. The van der Waals surface area contributed by atoms with E-state index in [-0.39, 0.29) is 11.3 Å². The van der Waals surface area contributed by atoms with Crippen molar-refractivity contribution in [1.82, 2.24) is 9.88 Å². The van der Waals surface area contributed by atoms with Gasteiger partial charge in [0.1, 0.15) is 0 Å². The van der Waals surface area contributed by atoms with E-state index in [9.17, 15) is 4.79 Å². The fourth-order valence-electron chi connectivity index (χ4n) is 1.53. The van der Waals surface area contributed by atoms with Crippen LogP contribution < -0.4 is 11.1 Å². The molecule has 1 amide bonds. The zero-order valence-electron chi connectivity index (χ0n) is 11.4. The van der Waals surface area contributed by atoms with Crippen LogP contribution in [0.5, 0.6) is 0 Å². The quantitative estimate of drug-likeness (QED) is 0.833. The van der Waals surface area contributed by atoms with Crippen molar-refractivity contribution in [3.63, 3.8) is 0 Å². The maximum Gasteiger partial charge on any atom is 0.237 e. The number of hydrogen-bond acceptors (Lipinski definition) is 2. The highest BCUT2D eigenvalue weighted by Gasteiger charge is 2.27. The van der Waals surface area contributed by atoms with Crippen molar-refractivity contribution in [2.45, 2.75) is 40.3 Å². The lowest BCUT2D eigenvalue weighted by Gasteiger charge is -2.25. The lowest BCUT2D eigenvalue weighted by molar-refractivity contribution is -0.124. The first-order chi connectivity index (χ1) is 7.73. The predicted octanol–water partition coefficient (Wildman–Crippen LogP) is 1.32. The van der Waals surface area contributed by atoms with E-state index in [0.717, 1.165) is 5.69 Å². The van der Waals surface area contributed by atoms with E-state index in [1.165, 1.54) is 5.69 Å². The number of nitrogens with two attached hydrogens (primary N) is 1. The molecule has 17 heavy (non-hydrogen) atoms. The van der Waals surface area contributed by atoms with Crippen molar-refractivity contribution in [1.29, 1.82) is 0 Å². The van der Waals surface area contributed by atoms with E-state index in [0.29, 0.717) is 6.54 Å². The zero-order chi connectivity index (χ0) is 13.2. The Labute approximate surface area is 103 Å². The minimum absolute atomic E-state index is 0.101. The molecule has 1 atom stereocenters. The van der Waals surface area contributed by atoms with Gasteiger partial charge in [0, 0.05) is 18.4 Å². The second-order valence-corrected chi connectivity index (χ2v) is 5.59. The number of carbonyl (C=O) groups excluding carboxylic acids is 1. The lowest BCUT2D eigenvalue weighted by Crippen LogP contribution is -2.48. The summed E-state index contributed by atoms with van der Waals surface area (Å²) >= 11 is 0. The first-order valence-electron chi connectivity index (χ1n) is 5.88. The minimum Gasteiger partial charge on any atom is -0.350 e. The molecule has 96 valence electrons. The van der Waals surface area contributed by atoms with Gasteiger partial charge < -0.3 is 15.6 Å². The van der Waals surface area contributed by atoms with Gasteiger partial charge in [-0.15, -0.1) is 0 Å². The molecule has 4 nitrogen and oxygen atoms in total. The van der Waals surface area contributed by atoms with E-state index in [2.05, 4.69) is 9.88 Å². The molecule has 0 spiro atoms. The molecule has 0 fully saturated rings. The highest BCUT2D eigenvalue weighted by Crippen LogP contribution is 2.17. The number of hydrogen-bond donors (Lipinski definition) is 2. The van der Waals surface area contributed by atoms with Crippen LogP contribution in [-0.2, 0) is 18.4 Å². The van der Waals surface area contributed by atoms with Gasteiger partial charge in [-0.3, -0.25) is 4.79 Å². The topological polar surface area (TPSA) is 60.1 Å². The third kappa shape index (κ3) is 3.33. The van der Waals surface area contributed by atoms with Crippen molar-refractivity contribution in [2.75, 3.05) is 0 Å². The van der Waals surface area contributed by atoms with Gasteiger partial charge in [0.2, 0.25) is 5.91 Å². The molecule has 0 aromatic carbocycles. The summed E-state index contributed by atoms with van der Waals surface area (Å²) in [6, 6.07) is 3.56. The standard InChI is InChI=1S/C13H23N3O/c1-9-6-7-10(16(9)5)8-15-12(17)11(14)13(2,3)4/h6-7,11H,8,14H2,1-5H3,(H,15,17)/t11-/m1/s1. The average Bonchev–Trinajstić information content (AvgIpc) is 2.54. The average molecular weight is 237 g/mol. The Bertz CT molecular complexity index is 401. The molecule has 0 bridgehead atoms. The van der Waals surface area contributed by atoms with E-state index >= 15 is 0 Å². The number of rotatable bonds is 3. The molecule has 0 aliphatic rings. The van der Waals surface area contributed by atoms with Crippen LogP contribution in [0.3, 0.4) is 0 Å². The Balaban J connectivity index is 2.57. The van der Waals surface area contributed by atoms with Crippen LogP contribution in [0, 0.1) is 12.3 Å². The van der Waals surface area contributed by atoms with E-state index in [1.54, 1.807) is 0 Å². The molecule has 4 heteroatoms. The summed E-state index contributed by atoms with van der Waals surface area (Å²) in [4.78, 5) is 11.8. The molecule has 0 saturated carbocycles. The fraction of sp³-hybridized carbons (Fsp3) is 0.615. The van der Waals surface area contributed by atoms with E-state index in [1.807, 2.05) is 46.9 Å². The van der Waals surface area contributed by atoms with Gasteiger partial charge in [-0.2, -0.15) is 0 Å². The molecule has 1 aromatic rings. The van der Waals surface area contributed by atoms with Gasteiger partial charge in [0.15, 0.2) is 0 Å². The Hall–Kier alpha value is -1.29. The summed E-state index contributed by atoms with van der Waals surface area (Å²) in [7, 11) is 1.99. The van der Waals surface area contributed by atoms with Gasteiger partial charge in [-0.1, -0.05) is 20.8 Å². The number of aromatic nitrogens is 1. The molecule has 1 rings (SSSR count). The fourth-order valence-corrected chi connectivity index (χ4v) is 1.53. The maximum absolute atomic E-state index is 11.8. The molecular formula is C13H23N3O. The minimum atomic E-state index is -0.483. The monoisotopic (exact) mass is 237 g/mol. The van der Waals surface area contributed by atoms with Crippen LogP contribution >= 0.6 is 0 Å². The van der Waals surface area contributed by atoms with E-state index < -0.39 is 6.04 Å². The highest BCUT2D eigenvalue weighted by molar-refractivity contribution is 5.82. The summed E-state index contributed by atoms with van der Waals surface area (Å²) in [5, 5.41) is 2.87. The van der Waals surface area contributed by atoms with Gasteiger partial charge in [-0.05, 0) is 24.5 Å². The SMILES string of the molecule is Cc1ccc(CNC(=O)[C@@H](N)C(C)(C)C)n1C. The van der Waals surface area contributed by atoms with Gasteiger partial charge in [0.25, 0.3) is 0 Å². The zero-order valence-corrected chi connectivity index (χ0v) is 11.4. The van der Waals surface area contributed by atoms with Crippen molar-refractivity contribution in [3.8, 4) is 0 Å². The van der Waals surface area contributed by atoms with Crippen LogP contribution in [0.1, 0.15) is 32.2 Å². The van der Waals surface area contributed by atoms with Gasteiger partial charge in [0.05, 0.1) is 12.6 Å². The first kappa shape index (κ1) is 13.8. The maximum atomic E-state index is 11.8. The second-order valence-electron chi connectivity index (χ2n) is 5.59. The van der Waals surface area contributed by atoms with Crippen LogP contribution in [0.4, 0.5) is 0 Å². The molecule has 0 aliphatic carbocycles. The molecule has 1 aromatic heterocycles. The molecule has 0 aliphatic heterocycles. The third-order valence-corrected chi connectivity index (χ3v) is 3.14. The first-order valence-corrected chi connectivity index (χ1v) is 5.88. The molecule has 0 saturated heterocycles. The van der Waals surface area contributed by atoms with Crippen LogP contribution in [0.15, 0.2) is 12.1 Å². The Morgan fingerprint density at radius 1 is 1.47 bits per heavy atom. The molecular weight excluding hydrogens is 214 g/mol. The number of amides is 1. The summed E-state index contributed by atoms with van der Waals surface area (Å²) < 4.78 is 2.06. The van der Waals surface area contributed by atoms with Gasteiger partial charge in [-0.25, -0.2) is 0 Å².